The second kappa shape index (κ2) is 7.25. The molecule has 2 aliphatic rings. The molecule has 2 amide bonds. The van der Waals surface area contributed by atoms with Gasteiger partial charge in [0, 0.05) is 13.1 Å². The summed E-state index contributed by atoms with van der Waals surface area (Å²) in [5, 5.41) is 10.2. The van der Waals surface area contributed by atoms with Gasteiger partial charge in [-0.1, -0.05) is 0 Å². The molecule has 9 heteroatoms. The number of piperidine rings is 2. The van der Waals surface area contributed by atoms with Crippen molar-refractivity contribution in [2.45, 2.75) is 76.9 Å². The van der Waals surface area contributed by atoms with Crippen LogP contribution < -0.4 is 0 Å². The first-order valence-corrected chi connectivity index (χ1v) is 8.82. The molecule has 6 nitrogen and oxygen atoms in total. The van der Waals surface area contributed by atoms with Gasteiger partial charge in [-0.25, -0.2) is 4.79 Å². The van der Waals surface area contributed by atoms with Gasteiger partial charge in [0.2, 0.25) is 5.91 Å². The lowest BCUT2D eigenvalue weighted by molar-refractivity contribution is -0.171. The molecule has 0 aromatic heterocycles. The lowest BCUT2D eigenvalue weighted by Gasteiger charge is -2.53. The van der Waals surface area contributed by atoms with Gasteiger partial charge < -0.3 is 19.6 Å². The van der Waals surface area contributed by atoms with Gasteiger partial charge in [-0.2, -0.15) is 13.2 Å². The lowest BCUT2D eigenvalue weighted by atomic mass is 9.80. The number of hydrogen-bond donors (Lipinski definition) is 1. The summed E-state index contributed by atoms with van der Waals surface area (Å²) in [7, 11) is 0. The Kier molecular flexibility index (Phi) is 5.80. The molecule has 0 aliphatic carbocycles. The van der Waals surface area contributed by atoms with Gasteiger partial charge in [-0.05, 0) is 46.5 Å². The van der Waals surface area contributed by atoms with Crippen molar-refractivity contribution in [3.05, 3.63) is 0 Å². The molecular weight excluding hydrogens is 353 g/mol. The van der Waals surface area contributed by atoms with E-state index in [-0.39, 0.29) is 12.5 Å². The van der Waals surface area contributed by atoms with E-state index in [1.165, 1.54) is 11.8 Å². The largest absolute Gasteiger partial charge is 0.444 e. The number of aliphatic hydroxyl groups is 1. The van der Waals surface area contributed by atoms with E-state index in [1.54, 1.807) is 20.8 Å². The number of halogens is 3. The maximum Gasteiger partial charge on any atom is 0.410 e. The van der Waals surface area contributed by atoms with Crippen LogP contribution in [0.2, 0.25) is 0 Å². The standard InChI is InChI=1S/C17H27F3N2O4/c1-10(23)14-12-7-11(9-22(14)13(24)8-17(18,19)20)5-6-21(12)15(25)26-16(2,3)4/h10-12,14,23H,5-9H2,1-4H3. The second-order valence-electron chi connectivity index (χ2n) is 8.20. The molecule has 2 aliphatic heterocycles. The van der Waals surface area contributed by atoms with E-state index < -0.39 is 48.4 Å². The summed E-state index contributed by atoms with van der Waals surface area (Å²) >= 11 is 0. The van der Waals surface area contributed by atoms with Crippen molar-refractivity contribution < 1.29 is 32.6 Å². The summed E-state index contributed by atoms with van der Waals surface area (Å²) in [5.41, 5.74) is -0.714. The van der Waals surface area contributed by atoms with Crippen LogP contribution in [0.15, 0.2) is 0 Å². The van der Waals surface area contributed by atoms with Crippen LogP contribution in [0.4, 0.5) is 18.0 Å². The van der Waals surface area contributed by atoms with Crippen molar-refractivity contribution in [2.75, 3.05) is 13.1 Å². The van der Waals surface area contributed by atoms with Gasteiger partial charge in [0.15, 0.2) is 0 Å². The molecule has 2 saturated heterocycles. The Bertz CT molecular complexity index is 545. The number of carbonyl (C=O) groups excluding carboxylic acids is 2. The normalized spacial score (nSPS) is 27.9. The third-order valence-corrected chi connectivity index (χ3v) is 4.76. The minimum Gasteiger partial charge on any atom is -0.444 e. The Morgan fingerprint density at radius 2 is 1.85 bits per heavy atom. The van der Waals surface area contributed by atoms with Crippen LogP contribution in [-0.4, -0.2) is 70.0 Å². The number of nitrogens with zero attached hydrogens (tertiary/aromatic N) is 2. The van der Waals surface area contributed by atoms with Crippen molar-refractivity contribution in [1.29, 1.82) is 0 Å². The Hall–Kier alpha value is -1.51. The van der Waals surface area contributed by atoms with Crippen LogP contribution in [-0.2, 0) is 9.53 Å². The topological polar surface area (TPSA) is 70.1 Å². The van der Waals surface area contributed by atoms with E-state index in [4.69, 9.17) is 4.74 Å². The molecule has 0 aromatic carbocycles. The van der Waals surface area contributed by atoms with Crippen molar-refractivity contribution in [3.63, 3.8) is 0 Å². The third-order valence-electron chi connectivity index (χ3n) is 4.76. The zero-order valence-corrected chi connectivity index (χ0v) is 15.5. The maximum atomic E-state index is 12.7. The molecule has 2 bridgehead atoms. The van der Waals surface area contributed by atoms with Crippen molar-refractivity contribution >= 4 is 12.0 Å². The van der Waals surface area contributed by atoms with Crippen LogP contribution in [0, 0.1) is 5.92 Å². The van der Waals surface area contributed by atoms with Gasteiger partial charge in [0.1, 0.15) is 12.0 Å². The SMILES string of the molecule is CC(O)C1C2CC(CCN2C(=O)OC(C)(C)C)CN1C(=O)CC(F)(F)F. The number of ether oxygens (including phenoxy) is 1. The fourth-order valence-corrected chi connectivity index (χ4v) is 3.84. The zero-order valence-electron chi connectivity index (χ0n) is 15.5. The third kappa shape index (κ3) is 5.02. The number of likely N-dealkylation sites (tertiary alicyclic amines) is 2. The van der Waals surface area contributed by atoms with Crippen molar-refractivity contribution in [2.24, 2.45) is 5.92 Å². The van der Waals surface area contributed by atoms with Gasteiger partial charge in [0.05, 0.1) is 18.2 Å². The highest BCUT2D eigenvalue weighted by Crippen LogP contribution is 2.36. The molecule has 4 unspecified atom stereocenters. The molecule has 2 fully saturated rings. The average Bonchev–Trinajstić information content (AvgIpc) is 2.42. The van der Waals surface area contributed by atoms with Crippen LogP contribution in [0.1, 0.15) is 47.0 Å². The highest BCUT2D eigenvalue weighted by Gasteiger charge is 2.49. The second-order valence-corrected chi connectivity index (χ2v) is 8.20. The zero-order chi connectivity index (χ0) is 19.9. The highest BCUT2D eigenvalue weighted by atomic mass is 19.4. The first kappa shape index (κ1) is 20.8. The van der Waals surface area contributed by atoms with E-state index in [1.807, 2.05) is 0 Å². The molecule has 2 rings (SSSR count). The van der Waals surface area contributed by atoms with Gasteiger partial charge >= 0.3 is 12.3 Å². The van der Waals surface area contributed by atoms with Gasteiger partial charge in [-0.3, -0.25) is 4.79 Å². The Balaban J connectivity index is 2.25. The smallest absolute Gasteiger partial charge is 0.410 e. The Labute approximate surface area is 151 Å². The van der Waals surface area contributed by atoms with Crippen LogP contribution >= 0.6 is 0 Å². The number of alkyl halides is 3. The van der Waals surface area contributed by atoms with E-state index in [0.29, 0.717) is 19.4 Å². The minimum absolute atomic E-state index is 0.00544. The number of carbonyl (C=O) groups is 2. The number of aliphatic hydroxyl groups excluding tert-OH is 1. The molecule has 0 saturated carbocycles. The van der Waals surface area contributed by atoms with E-state index in [0.717, 1.165) is 4.90 Å². The summed E-state index contributed by atoms with van der Waals surface area (Å²) in [6.07, 6.45) is -6.71. The molecular formula is C17H27F3N2O4. The Morgan fingerprint density at radius 1 is 1.23 bits per heavy atom. The minimum atomic E-state index is -4.61. The van der Waals surface area contributed by atoms with Crippen molar-refractivity contribution in [3.8, 4) is 0 Å². The molecule has 0 radical (unpaired) electrons. The molecule has 4 atom stereocenters. The van der Waals surface area contributed by atoms with Crippen LogP contribution in [0.3, 0.4) is 0 Å². The monoisotopic (exact) mass is 380 g/mol. The predicted octanol–water partition coefficient (Wildman–Crippen LogP) is 2.55. The highest BCUT2D eigenvalue weighted by molar-refractivity contribution is 5.78. The van der Waals surface area contributed by atoms with Crippen molar-refractivity contribution in [1.82, 2.24) is 9.80 Å². The first-order valence-electron chi connectivity index (χ1n) is 8.82. The summed E-state index contributed by atoms with van der Waals surface area (Å²) in [6, 6.07) is -1.44. The van der Waals surface area contributed by atoms with E-state index in [9.17, 15) is 27.9 Å². The van der Waals surface area contributed by atoms with Gasteiger partial charge in [0.25, 0.3) is 0 Å². The van der Waals surface area contributed by atoms with E-state index >= 15 is 0 Å². The predicted molar refractivity (Wildman–Crippen MR) is 87.3 cm³/mol. The average molecular weight is 380 g/mol. The lowest BCUT2D eigenvalue weighted by Crippen LogP contribution is -2.67. The fourth-order valence-electron chi connectivity index (χ4n) is 3.84. The summed E-state index contributed by atoms with van der Waals surface area (Å²) < 4.78 is 43.4. The van der Waals surface area contributed by atoms with Gasteiger partial charge in [-0.15, -0.1) is 0 Å². The number of fused-ring (bicyclic) bond motifs is 2. The fraction of sp³-hybridized carbons (Fsp3) is 0.882. The summed E-state index contributed by atoms with van der Waals surface area (Å²) in [5.74, 6) is -1.06. The molecule has 150 valence electrons. The molecule has 0 aromatic rings. The van der Waals surface area contributed by atoms with Crippen LogP contribution in [0.5, 0.6) is 0 Å². The summed E-state index contributed by atoms with van der Waals surface area (Å²) in [6.45, 7) is 7.18. The molecule has 2 heterocycles. The number of amides is 2. The summed E-state index contributed by atoms with van der Waals surface area (Å²) in [4.78, 5) is 27.3. The number of rotatable bonds is 2. The molecule has 0 spiro atoms. The van der Waals surface area contributed by atoms with E-state index in [2.05, 4.69) is 0 Å². The maximum absolute atomic E-state index is 12.7. The Morgan fingerprint density at radius 3 is 2.35 bits per heavy atom. The molecule has 1 N–H and O–H groups in total. The quantitative estimate of drug-likeness (QED) is 0.799. The molecule has 26 heavy (non-hydrogen) atoms. The van der Waals surface area contributed by atoms with Crippen LogP contribution in [0.25, 0.3) is 0 Å². The first-order chi connectivity index (χ1) is 11.8. The number of hydrogen-bond acceptors (Lipinski definition) is 4.